The first-order valence-corrected chi connectivity index (χ1v) is 7.01. The highest BCUT2D eigenvalue weighted by Gasteiger charge is 2.15. The molecular weight excluding hydrogens is 218 g/mol. The summed E-state index contributed by atoms with van der Waals surface area (Å²) in [6, 6.07) is 0.399. The van der Waals surface area contributed by atoms with E-state index in [0.29, 0.717) is 6.04 Å². The van der Waals surface area contributed by atoms with Crippen molar-refractivity contribution in [3.05, 3.63) is 16.1 Å². The van der Waals surface area contributed by atoms with Gasteiger partial charge in [-0.15, -0.1) is 11.3 Å². The Labute approximate surface area is 102 Å². The van der Waals surface area contributed by atoms with Gasteiger partial charge in [0.25, 0.3) is 0 Å². The van der Waals surface area contributed by atoms with Crippen molar-refractivity contribution in [3.8, 4) is 0 Å². The van der Waals surface area contributed by atoms with E-state index in [4.69, 9.17) is 5.73 Å². The standard InChI is InChI=1S/C12H21N3S/c1-10-9-16-12(14-10)5-3-7-15-6-2-4-11(13)8-15/h9,11H,2-8,13H2,1H3/t11-/m0/s1. The van der Waals surface area contributed by atoms with Gasteiger partial charge in [0.1, 0.15) is 0 Å². The summed E-state index contributed by atoms with van der Waals surface area (Å²) in [5.41, 5.74) is 7.11. The first-order valence-electron chi connectivity index (χ1n) is 6.13. The highest BCUT2D eigenvalue weighted by Crippen LogP contribution is 2.13. The van der Waals surface area contributed by atoms with Gasteiger partial charge in [0, 0.05) is 30.1 Å². The molecule has 1 aromatic heterocycles. The van der Waals surface area contributed by atoms with Crippen LogP contribution in [-0.2, 0) is 6.42 Å². The summed E-state index contributed by atoms with van der Waals surface area (Å²) in [4.78, 5) is 6.98. The molecule has 1 aliphatic rings. The Kier molecular flexibility index (Phi) is 4.32. The maximum Gasteiger partial charge on any atom is 0.0928 e. The summed E-state index contributed by atoms with van der Waals surface area (Å²) >= 11 is 1.78. The van der Waals surface area contributed by atoms with Crippen molar-refractivity contribution in [1.29, 1.82) is 0 Å². The number of aromatic nitrogens is 1. The van der Waals surface area contributed by atoms with E-state index < -0.39 is 0 Å². The minimum absolute atomic E-state index is 0.399. The van der Waals surface area contributed by atoms with Gasteiger partial charge in [0.05, 0.1) is 5.01 Å². The van der Waals surface area contributed by atoms with Crippen LogP contribution >= 0.6 is 11.3 Å². The van der Waals surface area contributed by atoms with Gasteiger partial charge >= 0.3 is 0 Å². The van der Waals surface area contributed by atoms with Gasteiger partial charge in [-0.25, -0.2) is 4.98 Å². The Balaban J connectivity index is 1.67. The second-order valence-corrected chi connectivity index (χ2v) is 5.63. The molecule has 1 aromatic rings. The molecule has 1 atom stereocenters. The van der Waals surface area contributed by atoms with E-state index in [0.717, 1.165) is 18.7 Å². The van der Waals surface area contributed by atoms with Gasteiger partial charge in [-0.1, -0.05) is 0 Å². The molecule has 0 amide bonds. The van der Waals surface area contributed by atoms with Gasteiger partial charge in [-0.2, -0.15) is 0 Å². The number of hydrogen-bond acceptors (Lipinski definition) is 4. The first-order chi connectivity index (χ1) is 7.74. The average molecular weight is 239 g/mol. The third kappa shape index (κ3) is 3.54. The fourth-order valence-corrected chi connectivity index (χ4v) is 3.08. The lowest BCUT2D eigenvalue weighted by Crippen LogP contribution is -2.43. The molecule has 16 heavy (non-hydrogen) atoms. The van der Waals surface area contributed by atoms with Gasteiger partial charge in [-0.05, 0) is 39.3 Å². The molecule has 2 N–H and O–H groups in total. The van der Waals surface area contributed by atoms with Crippen LogP contribution in [0.2, 0.25) is 0 Å². The summed E-state index contributed by atoms with van der Waals surface area (Å²) in [5, 5.41) is 3.41. The largest absolute Gasteiger partial charge is 0.327 e. The number of nitrogens with zero attached hydrogens (tertiary/aromatic N) is 2. The van der Waals surface area contributed by atoms with Crippen LogP contribution in [0.4, 0.5) is 0 Å². The average Bonchev–Trinajstić information content (AvgIpc) is 2.64. The summed E-state index contributed by atoms with van der Waals surface area (Å²) < 4.78 is 0. The Morgan fingerprint density at radius 1 is 1.62 bits per heavy atom. The van der Waals surface area contributed by atoms with Crippen molar-refractivity contribution in [2.24, 2.45) is 5.73 Å². The Morgan fingerprint density at radius 2 is 2.50 bits per heavy atom. The maximum atomic E-state index is 5.96. The molecule has 90 valence electrons. The van der Waals surface area contributed by atoms with Crippen LogP contribution < -0.4 is 5.73 Å². The van der Waals surface area contributed by atoms with Crippen molar-refractivity contribution < 1.29 is 0 Å². The summed E-state index contributed by atoms with van der Waals surface area (Å²) in [6.45, 7) is 5.54. The van der Waals surface area contributed by atoms with Crippen LogP contribution in [0.3, 0.4) is 0 Å². The number of hydrogen-bond donors (Lipinski definition) is 1. The van der Waals surface area contributed by atoms with E-state index >= 15 is 0 Å². The zero-order valence-electron chi connectivity index (χ0n) is 9.98. The number of piperidine rings is 1. The van der Waals surface area contributed by atoms with E-state index in [1.54, 1.807) is 11.3 Å². The maximum absolute atomic E-state index is 5.96. The number of rotatable bonds is 4. The summed E-state index contributed by atoms with van der Waals surface area (Å²) in [7, 11) is 0. The van der Waals surface area contributed by atoms with E-state index in [-0.39, 0.29) is 0 Å². The third-order valence-corrected chi connectivity index (χ3v) is 4.10. The van der Waals surface area contributed by atoms with E-state index in [1.807, 2.05) is 0 Å². The van der Waals surface area contributed by atoms with Crippen molar-refractivity contribution in [2.75, 3.05) is 19.6 Å². The topological polar surface area (TPSA) is 42.1 Å². The number of thiazole rings is 1. The second kappa shape index (κ2) is 5.75. The smallest absolute Gasteiger partial charge is 0.0928 e. The number of nitrogens with two attached hydrogens (primary N) is 1. The molecule has 0 unspecified atom stereocenters. The molecule has 1 saturated heterocycles. The highest BCUT2D eigenvalue weighted by atomic mass is 32.1. The molecule has 0 aliphatic carbocycles. The summed E-state index contributed by atoms with van der Waals surface area (Å²) in [5.74, 6) is 0. The van der Waals surface area contributed by atoms with E-state index in [2.05, 4.69) is 22.2 Å². The van der Waals surface area contributed by atoms with Gasteiger partial charge in [0.2, 0.25) is 0 Å². The molecule has 0 aromatic carbocycles. The first kappa shape index (κ1) is 12.0. The fourth-order valence-electron chi connectivity index (χ4n) is 2.27. The quantitative estimate of drug-likeness (QED) is 0.871. The monoisotopic (exact) mass is 239 g/mol. The predicted molar refractivity (Wildman–Crippen MR) is 68.8 cm³/mol. The Hall–Kier alpha value is -0.450. The lowest BCUT2D eigenvalue weighted by molar-refractivity contribution is 0.207. The number of aryl methyl sites for hydroxylation is 2. The lowest BCUT2D eigenvalue weighted by Gasteiger charge is -2.30. The van der Waals surface area contributed by atoms with E-state index in [1.165, 1.54) is 37.4 Å². The van der Waals surface area contributed by atoms with E-state index in [9.17, 15) is 0 Å². The molecule has 3 nitrogen and oxygen atoms in total. The zero-order valence-corrected chi connectivity index (χ0v) is 10.8. The second-order valence-electron chi connectivity index (χ2n) is 4.69. The lowest BCUT2D eigenvalue weighted by atomic mass is 10.1. The highest BCUT2D eigenvalue weighted by molar-refractivity contribution is 7.09. The van der Waals surface area contributed by atoms with Gasteiger partial charge in [-0.3, -0.25) is 0 Å². The van der Waals surface area contributed by atoms with Crippen LogP contribution in [0.5, 0.6) is 0 Å². The Morgan fingerprint density at radius 3 is 3.19 bits per heavy atom. The SMILES string of the molecule is Cc1csc(CCCN2CCC[C@H](N)C2)n1. The molecule has 2 rings (SSSR count). The number of likely N-dealkylation sites (tertiary alicyclic amines) is 1. The molecule has 0 spiro atoms. The fraction of sp³-hybridized carbons (Fsp3) is 0.750. The van der Waals surface area contributed by atoms with Crippen molar-refractivity contribution in [1.82, 2.24) is 9.88 Å². The summed E-state index contributed by atoms with van der Waals surface area (Å²) in [6.07, 6.45) is 4.78. The van der Waals surface area contributed by atoms with Crippen molar-refractivity contribution >= 4 is 11.3 Å². The molecule has 2 heterocycles. The predicted octanol–water partition coefficient (Wildman–Crippen LogP) is 1.81. The molecule has 0 bridgehead atoms. The molecule has 1 aliphatic heterocycles. The third-order valence-electron chi connectivity index (χ3n) is 3.07. The van der Waals surface area contributed by atoms with Gasteiger partial charge < -0.3 is 10.6 Å². The van der Waals surface area contributed by atoms with Crippen LogP contribution in [0, 0.1) is 6.92 Å². The molecule has 4 heteroatoms. The Bertz CT molecular complexity index is 324. The molecule has 0 saturated carbocycles. The van der Waals surface area contributed by atoms with Crippen LogP contribution in [0.25, 0.3) is 0 Å². The van der Waals surface area contributed by atoms with Crippen LogP contribution in [-0.4, -0.2) is 35.6 Å². The van der Waals surface area contributed by atoms with Crippen molar-refractivity contribution in [3.63, 3.8) is 0 Å². The van der Waals surface area contributed by atoms with Gasteiger partial charge in [0.15, 0.2) is 0 Å². The van der Waals surface area contributed by atoms with Crippen LogP contribution in [0.1, 0.15) is 30.0 Å². The molecular formula is C12H21N3S. The van der Waals surface area contributed by atoms with Crippen molar-refractivity contribution in [2.45, 2.75) is 38.6 Å². The molecule has 0 radical (unpaired) electrons. The molecule has 1 fully saturated rings. The zero-order chi connectivity index (χ0) is 11.4. The van der Waals surface area contributed by atoms with Crippen LogP contribution in [0.15, 0.2) is 5.38 Å². The minimum atomic E-state index is 0.399. The normalized spacial score (nSPS) is 22.5. The minimum Gasteiger partial charge on any atom is -0.327 e.